The molecule has 65 valence electrons. The van der Waals surface area contributed by atoms with E-state index in [1.807, 2.05) is 11.9 Å². The summed E-state index contributed by atoms with van der Waals surface area (Å²) in [7, 11) is 1.95. The molecule has 0 aromatic rings. The van der Waals surface area contributed by atoms with Crippen LogP contribution in [-0.4, -0.2) is 37.9 Å². The van der Waals surface area contributed by atoms with Gasteiger partial charge in [-0.1, -0.05) is 0 Å². The third-order valence-electron chi connectivity index (χ3n) is 2.09. The SMILES string of the molecule is CN(CC[O])C1CCCCO1. The van der Waals surface area contributed by atoms with Crippen molar-refractivity contribution < 1.29 is 9.84 Å². The molecule has 1 unspecified atom stereocenters. The van der Waals surface area contributed by atoms with Gasteiger partial charge in [0, 0.05) is 13.2 Å². The number of ether oxygens (including phenoxy) is 1. The van der Waals surface area contributed by atoms with Crippen molar-refractivity contribution in [3.8, 4) is 0 Å². The highest BCUT2D eigenvalue weighted by Gasteiger charge is 2.17. The van der Waals surface area contributed by atoms with Crippen molar-refractivity contribution in [3.63, 3.8) is 0 Å². The van der Waals surface area contributed by atoms with Crippen LogP contribution in [0.1, 0.15) is 19.3 Å². The zero-order chi connectivity index (χ0) is 8.10. The van der Waals surface area contributed by atoms with E-state index in [0.717, 1.165) is 13.0 Å². The molecule has 0 spiro atoms. The molecule has 0 aromatic heterocycles. The van der Waals surface area contributed by atoms with Crippen LogP contribution in [0.15, 0.2) is 0 Å². The third kappa shape index (κ3) is 2.77. The molecule has 1 rings (SSSR count). The maximum absolute atomic E-state index is 10.3. The fourth-order valence-electron chi connectivity index (χ4n) is 1.36. The Morgan fingerprint density at radius 2 is 2.36 bits per heavy atom. The molecule has 1 atom stereocenters. The predicted octanol–water partition coefficient (Wildman–Crippen LogP) is 0.875. The first-order chi connectivity index (χ1) is 5.34. The minimum Gasteiger partial charge on any atom is -0.363 e. The van der Waals surface area contributed by atoms with E-state index in [2.05, 4.69) is 0 Å². The molecule has 1 saturated heterocycles. The van der Waals surface area contributed by atoms with E-state index >= 15 is 0 Å². The van der Waals surface area contributed by atoms with E-state index < -0.39 is 0 Å². The first-order valence-corrected chi connectivity index (χ1v) is 4.24. The zero-order valence-electron chi connectivity index (χ0n) is 7.08. The highest BCUT2D eigenvalue weighted by Crippen LogP contribution is 2.14. The Labute approximate surface area is 68.0 Å². The van der Waals surface area contributed by atoms with Gasteiger partial charge in [0.2, 0.25) is 0 Å². The topological polar surface area (TPSA) is 32.4 Å². The van der Waals surface area contributed by atoms with Gasteiger partial charge in [0.25, 0.3) is 0 Å². The first kappa shape index (κ1) is 8.97. The number of nitrogens with zero attached hydrogens (tertiary/aromatic N) is 1. The van der Waals surface area contributed by atoms with Crippen LogP contribution in [-0.2, 0) is 9.84 Å². The first-order valence-electron chi connectivity index (χ1n) is 4.24. The molecule has 11 heavy (non-hydrogen) atoms. The molecule has 3 nitrogen and oxygen atoms in total. The molecular formula is C8H16NO2. The summed E-state index contributed by atoms with van der Waals surface area (Å²) in [6, 6.07) is 0. The van der Waals surface area contributed by atoms with E-state index in [1.165, 1.54) is 12.8 Å². The molecule has 0 aromatic carbocycles. The molecule has 0 N–H and O–H groups in total. The summed E-state index contributed by atoms with van der Waals surface area (Å²) in [5.74, 6) is 0. The van der Waals surface area contributed by atoms with Gasteiger partial charge in [0.1, 0.15) is 6.23 Å². The third-order valence-corrected chi connectivity index (χ3v) is 2.09. The van der Waals surface area contributed by atoms with Gasteiger partial charge in [0.15, 0.2) is 0 Å². The number of hydrogen-bond acceptors (Lipinski definition) is 2. The molecule has 0 bridgehead atoms. The molecular weight excluding hydrogens is 142 g/mol. The van der Waals surface area contributed by atoms with Gasteiger partial charge in [0.05, 0.1) is 6.61 Å². The lowest BCUT2D eigenvalue weighted by Crippen LogP contribution is -2.38. The van der Waals surface area contributed by atoms with E-state index in [9.17, 15) is 5.11 Å². The Morgan fingerprint density at radius 3 is 2.91 bits per heavy atom. The normalized spacial score (nSPS) is 25.9. The summed E-state index contributed by atoms with van der Waals surface area (Å²) < 4.78 is 5.48. The average molecular weight is 158 g/mol. The maximum atomic E-state index is 10.3. The highest BCUT2D eigenvalue weighted by molar-refractivity contribution is 4.62. The maximum Gasteiger partial charge on any atom is 0.110 e. The minimum absolute atomic E-state index is 0.0314. The van der Waals surface area contributed by atoms with Crippen LogP contribution in [0.4, 0.5) is 0 Å². The van der Waals surface area contributed by atoms with Gasteiger partial charge in [-0.3, -0.25) is 4.90 Å². The lowest BCUT2D eigenvalue weighted by molar-refractivity contribution is -0.0808. The van der Waals surface area contributed by atoms with Gasteiger partial charge in [-0.05, 0) is 26.3 Å². The highest BCUT2D eigenvalue weighted by atomic mass is 16.5. The van der Waals surface area contributed by atoms with Crippen LogP contribution in [0.25, 0.3) is 0 Å². The second-order valence-electron chi connectivity index (χ2n) is 3.01. The Balaban J connectivity index is 2.21. The lowest BCUT2D eigenvalue weighted by Gasteiger charge is -2.30. The predicted molar refractivity (Wildman–Crippen MR) is 41.8 cm³/mol. The lowest BCUT2D eigenvalue weighted by atomic mass is 10.2. The summed E-state index contributed by atoms with van der Waals surface area (Å²) in [6.45, 7) is 1.43. The van der Waals surface area contributed by atoms with Crippen LogP contribution in [0.2, 0.25) is 0 Å². The summed E-state index contributed by atoms with van der Waals surface area (Å²) >= 11 is 0. The molecule has 1 fully saturated rings. The van der Waals surface area contributed by atoms with Crippen LogP contribution < -0.4 is 0 Å². The van der Waals surface area contributed by atoms with Gasteiger partial charge in [-0.15, -0.1) is 0 Å². The molecule has 1 radical (unpaired) electrons. The smallest absolute Gasteiger partial charge is 0.110 e. The Morgan fingerprint density at radius 1 is 1.55 bits per heavy atom. The zero-order valence-corrected chi connectivity index (χ0v) is 7.08. The quantitative estimate of drug-likeness (QED) is 0.610. The molecule has 0 saturated carbocycles. The van der Waals surface area contributed by atoms with E-state index in [4.69, 9.17) is 4.74 Å². The van der Waals surface area contributed by atoms with Crippen molar-refractivity contribution in [2.45, 2.75) is 25.5 Å². The van der Waals surface area contributed by atoms with E-state index in [-0.39, 0.29) is 12.8 Å². The Bertz CT molecular complexity index is 102. The Hall–Kier alpha value is -0.120. The van der Waals surface area contributed by atoms with Crippen LogP contribution >= 0.6 is 0 Å². The van der Waals surface area contributed by atoms with Crippen LogP contribution in [0.3, 0.4) is 0 Å². The standard InChI is InChI=1S/C8H16NO2/c1-9(5-6-10)8-4-2-3-7-11-8/h8H,2-7H2,1H3. The molecule has 1 aliphatic heterocycles. The molecule has 1 aliphatic rings. The molecule has 3 heteroatoms. The van der Waals surface area contributed by atoms with Crippen molar-refractivity contribution in [1.82, 2.24) is 4.90 Å². The van der Waals surface area contributed by atoms with Crippen LogP contribution in [0, 0.1) is 0 Å². The fourth-order valence-corrected chi connectivity index (χ4v) is 1.36. The van der Waals surface area contributed by atoms with Crippen molar-refractivity contribution in [2.24, 2.45) is 0 Å². The molecule has 1 heterocycles. The molecule has 0 amide bonds. The summed E-state index contributed by atoms with van der Waals surface area (Å²) in [6.07, 6.45) is 3.68. The average Bonchev–Trinajstić information content (AvgIpc) is 2.07. The van der Waals surface area contributed by atoms with Gasteiger partial charge >= 0.3 is 0 Å². The van der Waals surface area contributed by atoms with Gasteiger partial charge in [-0.2, -0.15) is 0 Å². The van der Waals surface area contributed by atoms with Crippen molar-refractivity contribution in [1.29, 1.82) is 0 Å². The molecule has 0 aliphatic carbocycles. The van der Waals surface area contributed by atoms with Crippen molar-refractivity contribution in [2.75, 3.05) is 26.8 Å². The van der Waals surface area contributed by atoms with E-state index in [0.29, 0.717) is 6.54 Å². The Kier molecular flexibility index (Phi) is 3.83. The fraction of sp³-hybridized carbons (Fsp3) is 1.00. The van der Waals surface area contributed by atoms with E-state index in [1.54, 1.807) is 0 Å². The summed E-state index contributed by atoms with van der Waals surface area (Å²) in [4.78, 5) is 2.01. The summed E-state index contributed by atoms with van der Waals surface area (Å²) in [5.41, 5.74) is 0. The monoisotopic (exact) mass is 158 g/mol. The second-order valence-corrected chi connectivity index (χ2v) is 3.01. The van der Waals surface area contributed by atoms with Gasteiger partial charge in [-0.25, -0.2) is 5.11 Å². The largest absolute Gasteiger partial charge is 0.363 e. The number of likely N-dealkylation sites (N-methyl/N-ethyl adjacent to an activating group) is 1. The summed E-state index contributed by atoms with van der Waals surface area (Å²) in [5, 5.41) is 10.3. The number of rotatable bonds is 3. The van der Waals surface area contributed by atoms with Crippen molar-refractivity contribution >= 4 is 0 Å². The number of hydrogen-bond donors (Lipinski definition) is 0. The second kappa shape index (κ2) is 4.70. The van der Waals surface area contributed by atoms with Gasteiger partial charge < -0.3 is 4.74 Å². The van der Waals surface area contributed by atoms with Crippen molar-refractivity contribution in [3.05, 3.63) is 0 Å². The van der Waals surface area contributed by atoms with Crippen LogP contribution in [0.5, 0.6) is 0 Å². The minimum atomic E-state index is -0.0314.